The molecule has 0 aromatic heterocycles. The van der Waals surface area contributed by atoms with E-state index in [4.69, 9.17) is 15.2 Å². The lowest BCUT2D eigenvalue weighted by Crippen LogP contribution is -2.52. The maximum absolute atomic E-state index is 11.7. The topological polar surface area (TPSA) is 81.8 Å². The minimum absolute atomic E-state index is 0.0499. The van der Waals surface area contributed by atoms with E-state index in [1.807, 2.05) is 26.0 Å². The van der Waals surface area contributed by atoms with Crippen molar-refractivity contribution in [2.45, 2.75) is 116 Å². The van der Waals surface area contributed by atoms with Gasteiger partial charge in [0.2, 0.25) is 5.91 Å². The van der Waals surface area contributed by atoms with Crippen molar-refractivity contribution in [2.75, 3.05) is 13.2 Å². The molecule has 1 amide bonds. The lowest BCUT2D eigenvalue weighted by Gasteiger charge is -2.55. The van der Waals surface area contributed by atoms with Gasteiger partial charge < -0.3 is 20.3 Å². The van der Waals surface area contributed by atoms with E-state index < -0.39 is 18.4 Å². The predicted molar refractivity (Wildman–Crippen MR) is 158 cm³/mol. The average Bonchev–Trinajstić information content (AvgIpc) is 3.29. The van der Waals surface area contributed by atoms with Crippen molar-refractivity contribution in [1.29, 1.82) is 0 Å². The molecular formula is C34H48F5NO4. The highest BCUT2D eigenvalue weighted by Crippen LogP contribution is 2.65. The first-order valence-corrected chi connectivity index (χ1v) is 16.0. The number of carbonyl (C=O) groups excluding carboxylic acids is 1. The first kappa shape index (κ1) is 34.8. The molecule has 1 aliphatic heterocycles. The molecule has 248 valence electrons. The smallest absolute Gasteiger partial charge is 0.393 e. The number of alkyl halides is 5. The Morgan fingerprint density at radius 2 is 1.57 bits per heavy atom. The van der Waals surface area contributed by atoms with Crippen LogP contribution in [0, 0.1) is 28.6 Å². The van der Waals surface area contributed by atoms with Gasteiger partial charge in [0.15, 0.2) is 5.79 Å². The van der Waals surface area contributed by atoms with Gasteiger partial charge in [0.05, 0.1) is 19.3 Å². The summed E-state index contributed by atoms with van der Waals surface area (Å²) < 4.78 is 65.0. The summed E-state index contributed by atoms with van der Waals surface area (Å²) in [6, 6.07) is 7.95. The molecule has 1 spiro atoms. The van der Waals surface area contributed by atoms with E-state index in [1.54, 1.807) is 11.1 Å². The summed E-state index contributed by atoms with van der Waals surface area (Å²) in [5.41, 5.74) is 10.7. The quantitative estimate of drug-likeness (QED) is 0.256. The molecule has 6 rings (SSSR count). The fourth-order valence-corrected chi connectivity index (χ4v) is 8.38. The Labute approximate surface area is 257 Å². The second-order valence-corrected chi connectivity index (χ2v) is 14.0. The first-order valence-electron chi connectivity index (χ1n) is 16.0. The Hall–Kier alpha value is -2.04. The molecule has 1 saturated heterocycles. The van der Waals surface area contributed by atoms with Crippen molar-refractivity contribution in [3.8, 4) is 0 Å². The number of nitrogens with two attached hydrogens (primary N) is 1. The minimum Gasteiger partial charge on any atom is -0.393 e. The number of aliphatic hydroxyl groups excluding tert-OH is 1. The monoisotopic (exact) mass is 629 g/mol. The van der Waals surface area contributed by atoms with Crippen LogP contribution < -0.4 is 5.73 Å². The molecule has 0 radical (unpaired) electrons. The SMILES string of the molecule is CC.CC1(C)COC2(CCC3=C4C(CCC3C2)C2CC[C@H](O)[C@@]2(C)C[C@@H]4c2ccc(C(N)=O)cc2)OC1.FC(F)C(F)(F)F. The van der Waals surface area contributed by atoms with Gasteiger partial charge in [-0.3, -0.25) is 4.79 Å². The van der Waals surface area contributed by atoms with Crippen LogP contribution in [0.2, 0.25) is 0 Å². The van der Waals surface area contributed by atoms with E-state index in [-0.39, 0.29) is 28.8 Å². The summed E-state index contributed by atoms with van der Waals surface area (Å²) >= 11 is 0. The van der Waals surface area contributed by atoms with Gasteiger partial charge in [-0.25, -0.2) is 8.78 Å². The molecule has 4 fully saturated rings. The third-order valence-electron chi connectivity index (χ3n) is 10.6. The molecular weight excluding hydrogens is 581 g/mol. The lowest BCUT2D eigenvalue weighted by atomic mass is 9.52. The molecule has 3 saturated carbocycles. The van der Waals surface area contributed by atoms with Gasteiger partial charge in [0, 0.05) is 29.7 Å². The zero-order valence-corrected chi connectivity index (χ0v) is 26.5. The van der Waals surface area contributed by atoms with Crippen LogP contribution in [0.3, 0.4) is 0 Å². The molecule has 5 nitrogen and oxygen atoms in total. The highest BCUT2D eigenvalue weighted by molar-refractivity contribution is 5.92. The van der Waals surface area contributed by atoms with Crippen molar-refractivity contribution in [2.24, 2.45) is 34.3 Å². The van der Waals surface area contributed by atoms with Crippen molar-refractivity contribution in [3.63, 3.8) is 0 Å². The van der Waals surface area contributed by atoms with Crippen LogP contribution >= 0.6 is 0 Å². The number of carbonyl (C=O) groups is 1. The maximum atomic E-state index is 11.7. The summed E-state index contributed by atoms with van der Waals surface area (Å²) in [7, 11) is 0. The van der Waals surface area contributed by atoms with E-state index in [0.717, 1.165) is 51.7 Å². The Balaban J connectivity index is 0.000000435. The molecule has 6 atom stereocenters. The van der Waals surface area contributed by atoms with Gasteiger partial charge in [0.25, 0.3) is 0 Å². The van der Waals surface area contributed by atoms with Crippen LogP contribution in [0.15, 0.2) is 35.4 Å². The van der Waals surface area contributed by atoms with Crippen LogP contribution in [0.25, 0.3) is 0 Å². The highest BCUT2D eigenvalue weighted by Gasteiger charge is 2.57. The number of ether oxygens (including phenoxy) is 2. The summed E-state index contributed by atoms with van der Waals surface area (Å²) in [6.45, 7) is 12.3. The van der Waals surface area contributed by atoms with E-state index in [0.29, 0.717) is 23.3 Å². The second-order valence-electron chi connectivity index (χ2n) is 14.0. The summed E-state index contributed by atoms with van der Waals surface area (Å²) in [5, 5.41) is 11.1. The number of hydrogen-bond donors (Lipinski definition) is 2. The van der Waals surface area contributed by atoms with Gasteiger partial charge in [-0.05, 0) is 79.4 Å². The Kier molecular flexibility index (Phi) is 10.3. The number of hydrogen-bond acceptors (Lipinski definition) is 4. The van der Waals surface area contributed by atoms with E-state index in [9.17, 15) is 31.9 Å². The summed E-state index contributed by atoms with van der Waals surface area (Å²) in [6.07, 6.45) is -1.43. The fourth-order valence-electron chi connectivity index (χ4n) is 8.38. The zero-order chi connectivity index (χ0) is 32.7. The third-order valence-corrected chi connectivity index (χ3v) is 10.6. The molecule has 5 aliphatic rings. The normalized spacial score (nSPS) is 33.7. The Morgan fingerprint density at radius 1 is 0.977 bits per heavy atom. The zero-order valence-electron chi connectivity index (χ0n) is 26.5. The number of halogens is 5. The van der Waals surface area contributed by atoms with Crippen LogP contribution in [0.4, 0.5) is 22.0 Å². The average molecular weight is 630 g/mol. The number of rotatable bonds is 2. The number of allylic oxidation sites excluding steroid dienone is 2. The molecule has 3 unspecified atom stereocenters. The van der Waals surface area contributed by atoms with E-state index in [2.05, 4.69) is 32.9 Å². The highest BCUT2D eigenvalue weighted by atomic mass is 19.4. The molecule has 1 aromatic rings. The molecule has 1 aromatic carbocycles. The van der Waals surface area contributed by atoms with Crippen molar-refractivity contribution < 1.29 is 41.3 Å². The molecule has 4 aliphatic carbocycles. The van der Waals surface area contributed by atoms with Crippen LogP contribution in [0.5, 0.6) is 0 Å². The predicted octanol–water partition coefficient (Wildman–Crippen LogP) is 8.17. The largest absolute Gasteiger partial charge is 0.450 e. The molecule has 1 heterocycles. The fraction of sp³-hybridized carbons (Fsp3) is 0.735. The van der Waals surface area contributed by atoms with Crippen LogP contribution in [-0.4, -0.2) is 48.7 Å². The van der Waals surface area contributed by atoms with Crippen LogP contribution in [0.1, 0.15) is 108 Å². The number of benzene rings is 1. The number of primary amides is 1. The maximum Gasteiger partial charge on any atom is 0.450 e. The van der Waals surface area contributed by atoms with Crippen molar-refractivity contribution in [1.82, 2.24) is 0 Å². The van der Waals surface area contributed by atoms with E-state index >= 15 is 0 Å². The first-order chi connectivity index (χ1) is 20.6. The standard InChI is InChI=1S/C30H41NO4.C2HF5.C2H6/c1-28(2)16-34-30(35-17-28)13-12-21-20(14-30)8-9-22-24-10-11-25(32)29(24,3)15-23(26(21)22)18-4-6-19(7-5-18)27(31)33;3-1(4)2(5,6)7;1-2/h4-7,20,22-25,32H,8-17H2,1-3H3,(H2,31,33);1H;1-2H3/t20?,22?,23-,24?,25+,29+;;/m1../s1. The Morgan fingerprint density at radius 3 is 2.11 bits per heavy atom. The summed E-state index contributed by atoms with van der Waals surface area (Å²) in [4.78, 5) is 11.7. The molecule has 10 heteroatoms. The lowest BCUT2D eigenvalue weighted by molar-refractivity contribution is -0.312. The Bertz CT molecular complexity index is 1190. The van der Waals surface area contributed by atoms with Gasteiger partial charge >= 0.3 is 12.6 Å². The third kappa shape index (κ3) is 6.87. The summed E-state index contributed by atoms with van der Waals surface area (Å²) in [5.74, 6) is 1.10. The molecule has 44 heavy (non-hydrogen) atoms. The van der Waals surface area contributed by atoms with Gasteiger partial charge in [-0.1, -0.05) is 57.9 Å². The van der Waals surface area contributed by atoms with E-state index in [1.165, 1.54) is 18.4 Å². The van der Waals surface area contributed by atoms with Crippen molar-refractivity contribution in [3.05, 3.63) is 46.5 Å². The van der Waals surface area contributed by atoms with Crippen LogP contribution in [-0.2, 0) is 9.47 Å². The number of amides is 1. The van der Waals surface area contributed by atoms with Gasteiger partial charge in [-0.2, -0.15) is 13.2 Å². The number of fused-ring (bicyclic) bond motifs is 4. The van der Waals surface area contributed by atoms with Gasteiger partial charge in [0.1, 0.15) is 0 Å². The second kappa shape index (κ2) is 13.0. The molecule has 0 bridgehead atoms. The van der Waals surface area contributed by atoms with Gasteiger partial charge in [-0.15, -0.1) is 0 Å². The minimum atomic E-state index is -5.33. The molecule has 3 N–H and O–H groups in total. The van der Waals surface area contributed by atoms with Crippen molar-refractivity contribution >= 4 is 5.91 Å². The number of aliphatic hydroxyl groups is 1.